The van der Waals surface area contributed by atoms with Crippen LogP contribution in [0.3, 0.4) is 0 Å². The molecular formula is C14H22ClNO2. The highest BCUT2D eigenvalue weighted by molar-refractivity contribution is 6.30. The van der Waals surface area contributed by atoms with Crippen molar-refractivity contribution >= 4 is 11.6 Å². The van der Waals surface area contributed by atoms with E-state index in [0.29, 0.717) is 29.8 Å². The molecule has 2 N–H and O–H groups in total. The zero-order chi connectivity index (χ0) is 13.5. The summed E-state index contributed by atoms with van der Waals surface area (Å²) in [5.41, 5.74) is 6.61. The summed E-state index contributed by atoms with van der Waals surface area (Å²) in [5, 5.41) is 0.645. The van der Waals surface area contributed by atoms with E-state index in [1.807, 2.05) is 6.07 Å². The Bertz CT molecular complexity index is 380. The zero-order valence-electron chi connectivity index (χ0n) is 11.3. The first-order valence-electron chi connectivity index (χ1n) is 6.27. The normalized spacial score (nSPS) is 10.8. The summed E-state index contributed by atoms with van der Waals surface area (Å²) in [6.45, 7) is 5.57. The first kappa shape index (κ1) is 15.1. The lowest BCUT2D eigenvalue weighted by atomic mass is 10.1. The van der Waals surface area contributed by atoms with Crippen molar-refractivity contribution in [2.45, 2.75) is 26.7 Å². The molecule has 0 saturated carbocycles. The van der Waals surface area contributed by atoms with Gasteiger partial charge in [-0.15, -0.1) is 0 Å². The first-order chi connectivity index (χ1) is 8.58. The molecule has 0 aliphatic heterocycles. The highest BCUT2D eigenvalue weighted by Crippen LogP contribution is 2.35. The van der Waals surface area contributed by atoms with Crippen LogP contribution in [0.15, 0.2) is 12.1 Å². The molecule has 0 radical (unpaired) electrons. The van der Waals surface area contributed by atoms with Crippen molar-refractivity contribution in [1.82, 2.24) is 0 Å². The van der Waals surface area contributed by atoms with Crippen molar-refractivity contribution in [2.75, 3.05) is 20.3 Å². The fourth-order valence-corrected chi connectivity index (χ4v) is 1.91. The van der Waals surface area contributed by atoms with Gasteiger partial charge in [-0.25, -0.2) is 0 Å². The van der Waals surface area contributed by atoms with Gasteiger partial charge >= 0.3 is 0 Å². The van der Waals surface area contributed by atoms with Crippen LogP contribution < -0.4 is 15.2 Å². The summed E-state index contributed by atoms with van der Waals surface area (Å²) in [4.78, 5) is 0. The van der Waals surface area contributed by atoms with Crippen molar-refractivity contribution in [3.05, 3.63) is 22.7 Å². The first-order valence-corrected chi connectivity index (χ1v) is 6.65. The van der Waals surface area contributed by atoms with Gasteiger partial charge in [-0.3, -0.25) is 0 Å². The topological polar surface area (TPSA) is 44.5 Å². The largest absolute Gasteiger partial charge is 0.493 e. The number of ether oxygens (including phenoxy) is 2. The van der Waals surface area contributed by atoms with Crippen LogP contribution in [0.2, 0.25) is 5.02 Å². The average Bonchev–Trinajstić information content (AvgIpc) is 2.31. The minimum atomic E-state index is 0.560. The van der Waals surface area contributed by atoms with Crippen molar-refractivity contribution < 1.29 is 9.47 Å². The smallest absolute Gasteiger partial charge is 0.164 e. The second-order valence-corrected chi connectivity index (χ2v) is 5.10. The lowest BCUT2D eigenvalue weighted by Gasteiger charge is -2.16. The second-order valence-electron chi connectivity index (χ2n) is 4.67. The number of halogens is 1. The van der Waals surface area contributed by atoms with Gasteiger partial charge in [0.25, 0.3) is 0 Å². The molecule has 0 fully saturated rings. The van der Waals surface area contributed by atoms with Crippen LogP contribution in [-0.2, 0) is 6.42 Å². The van der Waals surface area contributed by atoms with E-state index in [1.54, 1.807) is 13.2 Å². The van der Waals surface area contributed by atoms with E-state index >= 15 is 0 Å². The molecule has 0 aliphatic rings. The summed E-state index contributed by atoms with van der Waals surface area (Å²) in [6, 6.07) is 3.66. The van der Waals surface area contributed by atoms with E-state index in [2.05, 4.69) is 13.8 Å². The Kier molecular flexibility index (Phi) is 6.30. The van der Waals surface area contributed by atoms with E-state index < -0.39 is 0 Å². The van der Waals surface area contributed by atoms with Gasteiger partial charge in [0.2, 0.25) is 0 Å². The van der Waals surface area contributed by atoms with Gasteiger partial charge in [0.05, 0.1) is 13.7 Å². The fraction of sp³-hybridized carbons (Fsp3) is 0.571. The Morgan fingerprint density at radius 2 is 2.06 bits per heavy atom. The maximum Gasteiger partial charge on any atom is 0.164 e. The van der Waals surface area contributed by atoms with E-state index in [9.17, 15) is 0 Å². The molecule has 18 heavy (non-hydrogen) atoms. The van der Waals surface area contributed by atoms with Crippen molar-refractivity contribution in [3.8, 4) is 11.5 Å². The summed E-state index contributed by atoms with van der Waals surface area (Å²) in [6.07, 6.45) is 1.74. The molecule has 1 rings (SSSR count). The molecule has 4 heteroatoms. The second kappa shape index (κ2) is 7.49. The van der Waals surface area contributed by atoms with E-state index in [1.165, 1.54) is 0 Å². The van der Waals surface area contributed by atoms with Crippen LogP contribution in [0.25, 0.3) is 0 Å². The van der Waals surface area contributed by atoms with Gasteiger partial charge in [0.15, 0.2) is 11.5 Å². The Labute approximate surface area is 114 Å². The maximum absolute atomic E-state index is 6.04. The third-order valence-corrected chi connectivity index (χ3v) is 2.89. The molecule has 0 amide bonds. The van der Waals surface area contributed by atoms with Crippen LogP contribution in [0.1, 0.15) is 25.8 Å². The van der Waals surface area contributed by atoms with Gasteiger partial charge in [-0.05, 0) is 31.4 Å². The summed E-state index contributed by atoms with van der Waals surface area (Å²) < 4.78 is 11.2. The molecule has 102 valence electrons. The van der Waals surface area contributed by atoms with E-state index in [-0.39, 0.29) is 0 Å². The zero-order valence-corrected chi connectivity index (χ0v) is 12.1. The molecule has 0 heterocycles. The van der Waals surface area contributed by atoms with Gasteiger partial charge < -0.3 is 15.2 Å². The minimum absolute atomic E-state index is 0.560. The molecule has 3 nitrogen and oxygen atoms in total. The number of nitrogens with two attached hydrogens (primary N) is 1. The number of hydrogen-bond donors (Lipinski definition) is 1. The van der Waals surface area contributed by atoms with Gasteiger partial charge in [0.1, 0.15) is 0 Å². The highest BCUT2D eigenvalue weighted by atomic mass is 35.5. The van der Waals surface area contributed by atoms with Crippen LogP contribution >= 0.6 is 11.6 Å². The van der Waals surface area contributed by atoms with Gasteiger partial charge in [-0.1, -0.05) is 25.4 Å². The number of rotatable bonds is 7. The third kappa shape index (κ3) is 4.39. The Hall–Kier alpha value is -0.930. The van der Waals surface area contributed by atoms with Crippen LogP contribution in [-0.4, -0.2) is 20.3 Å². The SMILES string of the molecule is COc1cc(Cl)cc(CCN)c1OCCC(C)C. The lowest BCUT2D eigenvalue weighted by molar-refractivity contribution is 0.270. The number of hydrogen-bond acceptors (Lipinski definition) is 3. The van der Waals surface area contributed by atoms with Crippen LogP contribution in [0.5, 0.6) is 11.5 Å². The standard InChI is InChI=1S/C14H22ClNO2/c1-10(2)5-7-18-14-11(4-6-16)8-12(15)9-13(14)17-3/h8-10H,4-7,16H2,1-3H3. The predicted molar refractivity (Wildman–Crippen MR) is 75.7 cm³/mol. The van der Waals surface area contributed by atoms with Crippen molar-refractivity contribution in [3.63, 3.8) is 0 Å². The molecule has 0 saturated heterocycles. The monoisotopic (exact) mass is 271 g/mol. The van der Waals surface area contributed by atoms with Gasteiger partial charge in [-0.2, -0.15) is 0 Å². The lowest BCUT2D eigenvalue weighted by Crippen LogP contribution is -2.08. The third-order valence-electron chi connectivity index (χ3n) is 2.67. The Morgan fingerprint density at radius 1 is 1.33 bits per heavy atom. The Balaban J connectivity index is 2.90. The molecular weight excluding hydrogens is 250 g/mol. The van der Waals surface area contributed by atoms with Crippen LogP contribution in [0, 0.1) is 5.92 Å². The molecule has 0 atom stereocenters. The van der Waals surface area contributed by atoms with Crippen molar-refractivity contribution in [1.29, 1.82) is 0 Å². The molecule has 1 aromatic rings. The summed E-state index contributed by atoms with van der Waals surface area (Å²) in [7, 11) is 1.62. The molecule has 0 aromatic heterocycles. The summed E-state index contributed by atoms with van der Waals surface area (Å²) in [5.74, 6) is 2.06. The van der Waals surface area contributed by atoms with Crippen LogP contribution in [0.4, 0.5) is 0 Å². The van der Waals surface area contributed by atoms with E-state index in [0.717, 1.165) is 24.2 Å². The summed E-state index contributed by atoms with van der Waals surface area (Å²) >= 11 is 6.04. The molecule has 0 aliphatic carbocycles. The quantitative estimate of drug-likeness (QED) is 0.828. The number of benzene rings is 1. The van der Waals surface area contributed by atoms with Crippen molar-refractivity contribution in [2.24, 2.45) is 11.7 Å². The maximum atomic E-state index is 6.04. The average molecular weight is 272 g/mol. The molecule has 0 bridgehead atoms. The number of methoxy groups -OCH3 is 1. The predicted octanol–water partition coefficient (Wildman–Crippen LogP) is 3.27. The Morgan fingerprint density at radius 3 is 2.61 bits per heavy atom. The van der Waals surface area contributed by atoms with E-state index in [4.69, 9.17) is 26.8 Å². The fourth-order valence-electron chi connectivity index (χ4n) is 1.68. The highest BCUT2D eigenvalue weighted by Gasteiger charge is 2.12. The van der Waals surface area contributed by atoms with Gasteiger partial charge in [0, 0.05) is 16.7 Å². The minimum Gasteiger partial charge on any atom is -0.493 e. The molecule has 0 spiro atoms. The molecule has 1 aromatic carbocycles. The molecule has 0 unspecified atom stereocenters.